The number of Topliss-reactive ketones (excluding diaryl/α,β-unsaturated/α-hetero) is 1. The highest BCUT2D eigenvalue weighted by Gasteiger charge is 2.37. The maximum Gasteiger partial charge on any atom is 0.318 e. The van der Waals surface area contributed by atoms with Crippen molar-refractivity contribution in [2.75, 3.05) is 25.1 Å². The maximum absolute atomic E-state index is 13.4. The number of pyridine rings is 1. The summed E-state index contributed by atoms with van der Waals surface area (Å²) in [6, 6.07) is 3.41. The molecule has 1 unspecified atom stereocenters. The van der Waals surface area contributed by atoms with Crippen LogP contribution in [0.5, 0.6) is 0 Å². The highest BCUT2D eigenvalue weighted by atomic mass is 19.2. The van der Waals surface area contributed by atoms with Crippen molar-refractivity contribution in [3.8, 4) is 0 Å². The van der Waals surface area contributed by atoms with Crippen LogP contribution in [-0.2, 0) is 9.53 Å². The van der Waals surface area contributed by atoms with Crippen molar-refractivity contribution in [1.82, 2.24) is 4.98 Å². The van der Waals surface area contributed by atoms with Gasteiger partial charge in [-0.05, 0) is 19.1 Å². The van der Waals surface area contributed by atoms with E-state index in [-0.39, 0.29) is 24.2 Å². The van der Waals surface area contributed by atoms with Crippen LogP contribution in [0.15, 0.2) is 18.2 Å². The molecule has 7 heteroatoms. The number of ether oxygens (including phenoxy) is 1. The van der Waals surface area contributed by atoms with Crippen LogP contribution >= 0.6 is 0 Å². The lowest BCUT2D eigenvalue weighted by atomic mass is 9.92. The maximum atomic E-state index is 13.4. The molecule has 0 amide bonds. The summed E-state index contributed by atoms with van der Waals surface area (Å²) >= 11 is 0. The van der Waals surface area contributed by atoms with Gasteiger partial charge in [0.05, 0.1) is 17.7 Å². The van der Waals surface area contributed by atoms with Crippen LogP contribution < -0.4 is 4.90 Å². The largest absolute Gasteiger partial charge is 0.465 e. The number of nitrogens with zero attached hydrogens (tertiary/aromatic N) is 2. The standard InChI is InChI=1S/C16H14F2N2O3/c1-3-23-16(22)10-7-20(2)15-9(14(10)21)4-8-5-11(17)12(18)6-13(8)19-15/h4-6,10H,3,7H2,1-2H3. The van der Waals surface area contributed by atoms with Crippen LogP contribution in [0, 0.1) is 17.6 Å². The molecule has 1 aromatic carbocycles. The molecular formula is C16H14F2N2O3. The highest BCUT2D eigenvalue weighted by Crippen LogP contribution is 2.31. The third-order valence-electron chi connectivity index (χ3n) is 3.81. The van der Waals surface area contributed by atoms with Crippen molar-refractivity contribution < 1.29 is 23.1 Å². The number of carbonyl (C=O) groups excluding carboxylic acids is 2. The number of ketones is 1. The van der Waals surface area contributed by atoms with Crippen molar-refractivity contribution in [3.63, 3.8) is 0 Å². The number of fused-ring (bicyclic) bond motifs is 2. The Kier molecular flexibility index (Phi) is 3.71. The summed E-state index contributed by atoms with van der Waals surface area (Å²) in [4.78, 5) is 30.3. The number of esters is 1. The number of benzene rings is 1. The summed E-state index contributed by atoms with van der Waals surface area (Å²) in [5.74, 6) is -3.64. The molecule has 0 bridgehead atoms. The molecule has 0 radical (unpaired) electrons. The second-order valence-electron chi connectivity index (χ2n) is 5.37. The summed E-state index contributed by atoms with van der Waals surface area (Å²) < 4.78 is 31.7. The van der Waals surface area contributed by atoms with Crippen LogP contribution in [0.4, 0.5) is 14.6 Å². The summed E-state index contributed by atoms with van der Waals surface area (Å²) in [7, 11) is 1.68. The van der Waals surface area contributed by atoms with Gasteiger partial charge in [-0.3, -0.25) is 9.59 Å². The SMILES string of the molecule is CCOC(=O)C1CN(C)c2nc3cc(F)c(F)cc3cc2C1=O. The fourth-order valence-electron chi connectivity index (χ4n) is 2.69. The number of rotatable bonds is 2. The van der Waals surface area contributed by atoms with Gasteiger partial charge in [-0.25, -0.2) is 13.8 Å². The van der Waals surface area contributed by atoms with E-state index in [1.165, 1.54) is 6.07 Å². The molecule has 2 heterocycles. The van der Waals surface area contributed by atoms with E-state index in [2.05, 4.69) is 4.98 Å². The van der Waals surface area contributed by atoms with E-state index in [4.69, 9.17) is 4.74 Å². The Labute approximate surface area is 130 Å². The van der Waals surface area contributed by atoms with Gasteiger partial charge in [0.1, 0.15) is 11.7 Å². The van der Waals surface area contributed by atoms with Crippen LogP contribution in [0.2, 0.25) is 0 Å². The first-order valence-corrected chi connectivity index (χ1v) is 7.14. The lowest BCUT2D eigenvalue weighted by molar-refractivity contribution is -0.145. The normalized spacial score (nSPS) is 17.3. The molecule has 0 fully saturated rings. The molecule has 0 saturated heterocycles. The molecule has 1 aliphatic rings. The van der Waals surface area contributed by atoms with Gasteiger partial charge in [0.15, 0.2) is 17.4 Å². The molecule has 3 rings (SSSR count). The van der Waals surface area contributed by atoms with Crippen LogP contribution in [0.3, 0.4) is 0 Å². The summed E-state index contributed by atoms with van der Waals surface area (Å²) in [5.41, 5.74) is 0.451. The van der Waals surface area contributed by atoms with Crippen molar-refractivity contribution in [2.45, 2.75) is 6.92 Å². The van der Waals surface area contributed by atoms with E-state index in [1.54, 1.807) is 18.9 Å². The molecule has 1 aromatic heterocycles. The summed E-state index contributed by atoms with van der Waals surface area (Å²) in [5, 5.41) is 0.300. The van der Waals surface area contributed by atoms with E-state index in [0.29, 0.717) is 11.2 Å². The fraction of sp³-hybridized carbons (Fsp3) is 0.312. The number of anilines is 1. The van der Waals surface area contributed by atoms with Gasteiger partial charge >= 0.3 is 5.97 Å². The zero-order valence-corrected chi connectivity index (χ0v) is 12.6. The molecule has 2 aromatic rings. The van der Waals surface area contributed by atoms with E-state index in [9.17, 15) is 18.4 Å². The Bertz CT molecular complexity index is 823. The number of aromatic nitrogens is 1. The molecule has 5 nitrogen and oxygen atoms in total. The molecule has 1 aliphatic heterocycles. The quantitative estimate of drug-likeness (QED) is 0.628. The monoisotopic (exact) mass is 320 g/mol. The zero-order chi connectivity index (χ0) is 16.7. The Hall–Kier alpha value is -2.57. The van der Waals surface area contributed by atoms with Crippen molar-refractivity contribution in [2.24, 2.45) is 5.92 Å². The second kappa shape index (κ2) is 5.57. The lowest BCUT2D eigenvalue weighted by Crippen LogP contribution is -2.42. The molecule has 0 spiro atoms. The Balaban J connectivity index is 2.12. The summed E-state index contributed by atoms with van der Waals surface area (Å²) in [6.45, 7) is 1.97. The fourth-order valence-corrected chi connectivity index (χ4v) is 2.69. The van der Waals surface area contributed by atoms with Crippen molar-refractivity contribution >= 4 is 28.5 Å². The Morgan fingerprint density at radius 1 is 1.35 bits per heavy atom. The van der Waals surface area contributed by atoms with Gasteiger partial charge in [-0.1, -0.05) is 0 Å². The average molecular weight is 320 g/mol. The Morgan fingerprint density at radius 2 is 2.04 bits per heavy atom. The van der Waals surface area contributed by atoms with Gasteiger partial charge < -0.3 is 9.64 Å². The van der Waals surface area contributed by atoms with Gasteiger partial charge in [-0.2, -0.15) is 0 Å². The smallest absolute Gasteiger partial charge is 0.318 e. The Morgan fingerprint density at radius 3 is 2.74 bits per heavy atom. The third-order valence-corrected chi connectivity index (χ3v) is 3.81. The van der Waals surface area contributed by atoms with E-state index in [0.717, 1.165) is 12.1 Å². The van der Waals surface area contributed by atoms with Crippen LogP contribution in [0.25, 0.3) is 10.9 Å². The topological polar surface area (TPSA) is 59.5 Å². The first-order valence-electron chi connectivity index (χ1n) is 7.14. The van der Waals surface area contributed by atoms with E-state index < -0.39 is 29.3 Å². The average Bonchev–Trinajstić information content (AvgIpc) is 2.51. The number of halogens is 2. The first kappa shape index (κ1) is 15.3. The minimum absolute atomic E-state index is 0.132. The van der Waals surface area contributed by atoms with Gasteiger partial charge in [0.25, 0.3) is 0 Å². The van der Waals surface area contributed by atoms with Gasteiger partial charge in [-0.15, -0.1) is 0 Å². The first-order chi connectivity index (χ1) is 10.9. The summed E-state index contributed by atoms with van der Waals surface area (Å²) in [6.07, 6.45) is 0. The molecule has 0 saturated carbocycles. The second-order valence-corrected chi connectivity index (χ2v) is 5.37. The van der Waals surface area contributed by atoms with Gasteiger partial charge in [0.2, 0.25) is 0 Å². The van der Waals surface area contributed by atoms with Gasteiger partial charge in [0, 0.05) is 25.0 Å². The molecular weight excluding hydrogens is 306 g/mol. The van der Waals surface area contributed by atoms with E-state index >= 15 is 0 Å². The number of hydrogen-bond donors (Lipinski definition) is 0. The predicted molar refractivity (Wildman–Crippen MR) is 79.4 cm³/mol. The third kappa shape index (κ3) is 2.52. The molecule has 1 atom stereocenters. The van der Waals surface area contributed by atoms with Crippen LogP contribution in [0.1, 0.15) is 17.3 Å². The molecule has 0 N–H and O–H groups in total. The minimum atomic E-state index is -1.02. The lowest BCUT2D eigenvalue weighted by Gasteiger charge is -2.30. The minimum Gasteiger partial charge on any atom is -0.465 e. The predicted octanol–water partition coefficient (Wildman–Crippen LogP) is 2.32. The number of carbonyl (C=O) groups is 2. The molecule has 120 valence electrons. The highest BCUT2D eigenvalue weighted by molar-refractivity contribution is 6.14. The molecule has 23 heavy (non-hydrogen) atoms. The van der Waals surface area contributed by atoms with Crippen molar-refractivity contribution in [1.29, 1.82) is 0 Å². The number of hydrogen-bond acceptors (Lipinski definition) is 5. The molecule has 0 aliphatic carbocycles. The zero-order valence-electron chi connectivity index (χ0n) is 12.6. The van der Waals surface area contributed by atoms with Crippen LogP contribution in [-0.4, -0.2) is 36.9 Å². The van der Waals surface area contributed by atoms with E-state index in [1.807, 2.05) is 0 Å². The van der Waals surface area contributed by atoms with Crippen molar-refractivity contribution in [3.05, 3.63) is 35.4 Å².